The van der Waals surface area contributed by atoms with E-state index in [0.29, 0.717) is 0 Å². The lowest BCUT2D eigenvalue weighted by atomic mass is 9.80. The van der Waals surface area contributed by atoms with Gasteiger partial charge in [0.1, 0.15) is 0 Å². The molecule has 0 radical (unpaired) electrons. The maximum absolute atomic E-state index is 10.4. The van der Waals surface area contributed by atoms with E-state index in [9.17, 15) is 20.4 Å². The molecule has 0 amide bonds. The fourth-order valence-electron chi connectivity index (χ4n) is 1.75. The highest BCUT2D eigenvalue weighted by molar-refractivity contribution is 5.46. The second-order valence-corrected chi connectivity index (χ2v) is 4.01. The van der Waals surface area contributed by atoms with Crippen LogP contribution in [0.4, 0.5) is 0 Å². The van der Waals surface area contributed by atoms with Gasteiger partial charge in [0.2, 0.25) is 0 Å². The van der Waals surface area contributed by atoms with E-state index in [1.54, 1.807) is 0 Å². The maximum Gasteiger partial charge on any atom is 0.170 e. The third kappa shape index (κ3) is 1.70. The molecule has 0 spiro atoms. The normalized spacial score (nSPS) is 31.7. The van der Waals surface area contributed by atoms with Crippen LogP contribution in [0, 0.1) is 0 Å². The quantitative estimate of drug-likeness (QED) is 0.349. The van der Waals surface area contributed by atoms with Crippen LogP contribution in [-0.4, -0.2) is 26.2 Å². The summed E-state index contributed by atoms with van der Waals surface area (Å²) in [6, 6.07) is 3.73. The Balaban J connectivity index is 2.55. The van der Waals surface area contributed by atoms with Gasteiger partial charge < -0.3 is 20.4 Å². The lowest BCUT2D eigenvalue weighted by Crippen LogP contribution is -2.57. The van der Waals surface area contributed by atoms with Crippen LogP contribution in [0.3, 0.4) is 0 Å². The zero-order valence-electron chi connectivity index (χ0n) is 8.91. The highest BCUT2D eigenvalue weighted by atomic mass is 16.4. The third-order valence-corrected chi connectivity index (χ3v) is 2.82. The van der Waals surface area contributed by atoms with Gasteiger partial charge in [-0.3, -0.25) is 5.73 Å². The minimum Gasteiger partial charge on any atom is -0.504 e. The number of phenols is 2. The van der Waals surface area contributed by atoms with Gasteiger partial charge in [0, 0.05) is 0 Å². The Kier molecular flexibility index (Phi) is 2.46. The van der Waals surface area contributed by atoms with Gasteiger partial charge >= 0.3 is 0 Å². The zero-order chi connectivity index (χ0) is 12.7. The third-order valence-electron chi connectivity index (χ3n) is 2.82. The van der Waals surface area contributed by atoms with E-state index in [-0.39, 0.29) is 11.3 Å². The van der Waals surface area contributed by atoms with E-state index >= 15 is 0 Å². The summed E-state index contributed by atoms with van der Waals surface area (Å²) in [7, 11) is 0. The Morgan fingerprint density at radius 1 is 0.941 bits per heavy atom. The number of aromatic hydroxyl groups is 2. The predicted molar refractivity (Wildman–Crippen MR) is 61.1 cm³/mol. The number of allylic oxidation sites excluding steroid dienone is 2. The molecule has 1 aromatic rings. The molecule has 1 aliphatic rings. The highest BCUT2D eigenvalue weighted by Gasteiger charge is 2.45. The van der Waals surface area contributed by atoms with Gasteiger partial charge in [-0.2, -0.15) is 0 Å². The summed E-state index contributed by atoms with van der Waals surface area (Å²) in [6.07, 6.45) is 5.61. The average Bonchev–Trinajstić information content (AvgIpc) is 2.26. The first kappa shape index (κ1) is 11.7. The van der Waals surface area contributed by atoms with E-state index in [1.807, 2.05) is 0 Å². The second kappa shape index (κ2) is 3.59. The lowest BCUT2D eigenvalue weighted by Gasteiger charge is -2.38. The van der Waals surface area contributed by atoms with Crippen molar-refractivity contribution in [1.29, 1.82) is 0 Å². The van der Waals surface area contributed by atoms with Crippen molar-refractivity contribution >= 4 is 0 Å². The highest BCUT2D eigenvalue weighted by Crippen LogP contribution is 2.38. The first-order chi connectivity index (χ1) is 7.87. The van der Waals surface area contributed by atoms with Crippen molar-refractivity contribution in [3.8, 4) is 11.5 Å². The van der Waals surface area contributed by atoms with E-state index in [1.165, 1.54) is 36.4 Å². The molecule has 0 saturated heterocycles. The maximum atomic E-state index is 10.4. The predicted octanol–water partition coefficient (Wildman–Crippen LogP) is 0.0587. The van der Waals surface area contributed by atoms with E-state index in [2.05, 4.69) is 0 Å². The summed E-state index contributed by atoms with van der Waals surface area (Å²) in [4.78, 5) is 0. The summed E-state index contributed by atoms with van der Waals surface area (Å²) >= 11 is 0. The van der Waals surface area contributed by atoms with Crippen LogP contribution < -0.4 is 5.73 Å². The van der Waals surface area contributed by atoms with Crippen LogP contribution in [0.25, 0.3) is 0 Å². The summed E-state index contributed by atoms with van der Waals surface area (Å²) in [5, 5.41) is 38.9. The Morgan fingerprint density at radius 3 is 2.18 bits per heavy atom. The standard InChI is InChI=1S/C12H13NO4/c13-12(17)6-2-1-5-11(12,16)8-3-4-9(14)10(15)7-8/h1-7,14-17H,13H2. The van der Waals surface area contributed by atoms with Crippen molar-refractivity contribution in [3.63, 3.8) is 0 Å². The van der Waals surface area contributed by atoms with E-state index in [0.717, 1.165) is 6.07 Å². The molecule has 2 unspecified atom stereocenters. The summed E-state index contributed by atoms with van der Waals surface area (Å²) in [6.45, 7) is 0. The Morgan fingerprint density at radius 2 is 1.59 bits per heavy atom. The van der Waals surface area contributed by atoms with Crippen molar-refractivity contribution in [1.82, 2.24) is 0 Å². The fraction of sp³-hybridized carbons (Fsp3) is 0.167. The molecule has 5 heteroatoms. The molecule has 0 aliphatic heterocycles. The Bertz CT molecular complexity index is 507. The van der Waals surface area contributed by atoms with Gasteiger partial charge in [-0.1, -0.05) is 18.2 Å². The minimum atomic E-state index is -1.98. The minimum absolute atomic E-state index is 0.179. The number of benzene rings is 1. The molecule has 1 aliphatic carbocycles. The number of hydrogen-bond acceptors (Lipinski definition) is 5. The van der Waals surface area contributed by atoms with Gasteiger partial charge in [-0.25, -0.2) is 0 Å². The van der Waals surface area contributed by atoms with Crippen LogP contribution in [0.2, 0.25) is 0 Å². The molecule has 2 rings (SSSR count). The Hall–Kier alpha value is -1.82. The molecule has 0 heterocycles. The molecular formula is C12H13NO4. The van der Waals surface area contributed by atoms with Gasteiger partial charge in [-0.15, -0.1) is 0 Å². The van der Waals surface area contributed by atoms with Crippen LogP contribution in [-0.2, 0) is 5.60 Å². The van der Waals surface area contributed by atoms with Gasteiger partial charge in [0.05, 0.1) is 0 Å². The molecule has 0 saturated carbocycles. The number of aliphatic hydroxyl groups is 2. The van der Waals surface area contributed by atoms with E-state index in [4.69, 9.17) is 5.73 Å². The number of hydrogen-bond donors (Lipinski definition) is 5. The number of phenolic OH excluding ortho intramolecular Hbond substituents is 2. The van der Waals surface area contributed by atoms with E-state index < -0.39 is 17.1 Å². The molecule has 17 heavy (non-hydrogen) atoms. The SMILES string of the molecule is NC1(O)C=CC=CC1(O)c1ccc(O)c(O)c1. The summed E-state index contributed by atoms with van der Waals surface area (Å²) in [5.74, 6) is -0.706. The largest absolute Gasteiger partial charge is 0.504 e. The topological polar surface area (TPSA) is 107 Å². The molecule has 5 nitrogen and oxygen atoms in total. The first-order valence-electron chi connectivity index (χ1n) is 5.00. The Labute approximate surface area is 97.8 Å². The van der Waals surface area contributed by atoms with Crippen LogP contribution in [0.15, 0.2) is 42.5 Å². The fourth-order valence-corrected chi connectivity index (χ4v) is 1.75. The van der Waals surface area contributed by atoms with Crippen molar-refractivity contribution in [2.45, 2.75) is 11.3 Å². The van der Waals surface area contributed by atoms with Gasteiger partial charge in [0.25, 0.3) is 0 Å². The van der Waals surface area contributed by atoms with Crippen LogP contribution in [0.1, 0.15) is 5.56 Å². The average molecular weight is 235 g/mol. The lowest BCUT2D eigenvalue weighted by molar-refractivity contribution is -0.0949. The molecule has 6 N–H and O–H groups in total. The molecule has 0 bridgehead atoms. The van der Waals surface area contributed by atoms with Crippen molar-refractivity contribution in [2.24, 2.45) is 5.73 Å². The number of rotatable bonds is 1. The summed E-state index contributed by atoms with van der Waals surface area (Å²) < 4.78 is 0. The second-order valence-electron chi connectivity index (χ2n) is 4.01. The first-order valence-corrected chi connectivity index (χ1v) is 5.00. The molecule has 0 aromatic heterocycles. The van der Waals surface area contributed by atoms with Crippen LogP contribution >= 0.6 is 0 Å². The van der Waals surface area contributed by atoms with Crippen molar-refractivity contribution in [2.75, 3.05) is 0 Å². The molecule has 2 atom stereocenters. The smallest absolute Gasteiger partial charge is 0.170 e. The van der Waals surface area contributed by atoms with Crippen LogP contribution in [0.5, 0.6) is 11.5 Å². The monoisotopic (exact) mass is 235 g/mol. The summed E-state index contributed by atoms with van der Waals surface area (Å²) in [5.41, 5.74) is 1.94. The molecular weight excluding hydrogens is 222 g/mol. The molecule has 90 valence electrons. The van der Waals surface area contributed by atoms with Crippen molar-refractivity contribution < 1.29 is 20.4 Å². The van der Waals surface area contributed by atoms with Gasteiger partial charge in [-0.05, 0) is 29.8 Å². The van der Waals surface area contributed by atoms with Gasteiger partial charge in [0.15, 0.2) is 22.8 Å². The molecule has 1 aromatic carbocycles. The van der Waals surface area contributed by atoms with Crippen molar-refractivity contribution in [3.05, 3.63) is 48.1 Å². The number of nitrogens with two attached hydrogens (primary N) is 1. The molecule has 0 fully saturated rings. The zero-order valence-corrected chi connectivity index (χ0v) is 8.91.